The van der Waals surface area contributed by atoms with Crippen molar-refractivity contribution in [1.82, 2.24) is 10.2 Å². The van der Waals surface area contributed by atoms with Crippen molar-refractivity contribution in [1.29, 1.82) is 0 Å². The summed E-state index contributed by atoms with van der Waals surface area (Å²) in [5.74, 6) is 5.61. The van der Waals surface area contributed by atoms with Crippen LogP contribution in [0.4, 0.5) is 0 Å². The molecule has 0 radical (unpaired) electrons. The molecule has 1 fully saturated rings. The van der Waals surface area contributed by atoms with Crippen molar-refractivity contribution in [3.8, 4) is 11.8 Å². The largest absolute Gasteiger partial charge is 0.352 e. The lowest BCUT2D eigenvalue weighted by Gasteiger charge is -2.16. The highest BCUT2D eigenvalue weighted by Gasteiger charge is 2.28. The molecule has 106 valence electrons. The van der Waals surface area contributed by atoms with Gasteiger partial charge in [0.25, 0.3) is 5.91 Å². The quantitative estimate of drug-likeness (QED) is 0.775. The van der Waals surface area contributed by atoms with Gasteiger partial charge in [-0.3, -0.25) is 9.59 Å². The molecule has 1 unspecified atom stereocenters. The molecule has 1 aliphatic heterocycles. The Hall–Kier alpha value is -1.84. The molecular weight excluding hydrogens is 274 g/mol. The molecule has 1 saturated heterocycles. The fourth-order valence-electron chi connectivity index (χ4n) is 2.21. The van der Waals surface area contributed by atoms with Crippen LogP contribution in [0.25, 0.3) is 0 Å². The molecule has 1 atom stereocenters. The number of nitrogens with zero attached hydrogens (tertiary/aromatic N) is 1. The predicted octanol–water partition coefficient (Wildman–Crippen LogP) is 0.409. The minimum Gasteiger partial charge on any atom is -0.352 e. The molecule has 20 heavy (non-hydrogen) atoms. The van der Waals surface area contributed by atoms with Crippen LogP contribution in [0.2, 0.25) is 0 Å². The van der Waals surface area contributed by atoms with Crippen molar-refractivity contribution in [2.45, 2.75) is 19.4 Å². The smallest absolute Gasteiger partial charge is 0.265 e. The molecule has 6 heteroatoms. The van der Waals surface area contributed by atoms with Crippen molar-refractivity contribution in [3.05, 3.63) is 21.9 Å². The SMILES string of the molecule is CC(=O)NC1CCN(C(=O)c2sccc2C#CCN)C1. The molecule has 3 N–H and O–H groups in total. The third kappa shape index (κ3) is 3.38. The number of nitrogens with two attached hydrogens (primary N) is 1. The minimum atomic E-state index is -0.0603. The third-order valence-corrected chi connectivity index (χ3v) is 3.97. The van der Waals surface area contributed by atoms with Crippen LogP contribution in [-0.2, 0) is 4.79 Å². The predicted molar refractivity (Wildman–Crippen MR) is 78.4 cm³/mol. The van der Waals surface area contributed by atoms with E-state index in [-0.39, 0.29) is 24.4 Å². The molecule has 5 nitrogen and oxygen atoms in total. The van der Waals surface area contributed by atoms with E-state index in [1.807, 2.05) is 11.4 Å². The Morgan fingerprint density at radius 1 is 1.60 bits per heavy atom. The van der Waals surface area contributed by atoms with E-state index in [1.54, 1.807) is 4.90 Å². The molecule has 2 rings (SSSR count). The van der Waals surface area contributed by atoms with Crippen LogP contribution in [0.1, 0.15) is 28.6 Å². The number of amides is 2. The van der Waals surface area contributed by atoms with Crippen molar-refractivity contribution < 1.29 is 9.59 Å². The Morgan fingerprint density at radius 3 is 3.10 bits per heavy atom. The minimum absolute atomic E-state index is 0.0193. The van der Waals surface area contributed by atoms with Crippen LogP contribution in [0.15, 0.2) is 11.4 Å². The second-order valence-electron chi connectivity index (χ2n) is 4.61. The number of carbonyl (C=O) groups is 2. The molecule has 0 saturated carbocycles. The number of thiophene rings is 1. The zero-order chi connectivity index (χ0) is 14.5. The lowest BCUT2D eigenvalue weighted by Crippen LogP contribution is -2.37. The van der Waals surface area contributed by atoms with Gasteiger partial charge in [0.1, 0.15) is 4.88 Å². The maximum atomic E-state index is 12.4. The number of hydrogen-bond acceptors (Lipinski definition) is 4. The Labute approximate surface area is 122 Å². The van der Waals surface area contributed by atoms with Gasteiger partial charge in [0.2, 0.25) is 5.91 Å². The van der Waals surface area contributed by atoms with Gasteiger partial charge in [-0.05, 0) is 17.9 Å². The highest BCUT2D eigenvalue weighted by Crippen LogP contribution is 2.21. The summed E-state index contributed by atoms with van der Waals surface area (Å²) in [7, 11) is 0. The van der Waals surface area contributed by atoms with Crippen LogP contribution < -0.4 is 11.1 Å². The van der Waals surface area contributed by atoms with E-state index in [1.165, 1.54) is 18.3 Å². The van der Waals surface area contributed by atoms with Gasteiger partial charge in [0.05, 0.1) is 6.54 Å². The maximum absolute atomic E-state index is 12.4. The monoisotopic (exact) mass is 291 g/mol. The van der Waals surface area contributed by atoms with Crippen LogP contribution in [0.3, 0.4) is 0 Å². The molecule has 1 aromatic heterocycles. The second-order valence-corrected chi connectivity index (χ2v) is 5.52. The topological polar surface area (TPSA) is 75.4 Å². The summed E-state index contributed by atoms with van der Waals surface area (Å²) in [5, 5.41) is 4.70. The number of nitrogens with one attached hydrogen (secondary N) is 1. The van der Waals surface area contributed by atoms with Crippen molar-refractivity contribution in [3.63, 3.8) is 0 Å². The summed E-state index contributed by atoms with van der Waals surface area (Å²) in [6.07, 6.45) is 0.792. The molecule has 0 spiro atoms. The molecule has 2 heterocycles. The van der Waals surface area contributed by atoms with Gasteiger partial charge in [-0.15, -0.1) is 11.3 Å². The lowest BCUT2D eigenvalue weighted by molar-refractivity contribution is -0.119. The summed E-state index contributed by atoms with van der Waals surface area (Å²) in [6, 6.07) is 1.89. The molecule has 0 bridgehead atoms. The highest BCUT2D eigenvalue weighted by molar-refractivity contribution is 7.12. The molecular formula is C14H17N3O2S. The first-order chi connectivity index (χ1) is 9.61. The number of likely N-dealkylation sites (tertiary alicyclic amines) is 1. The van der Waals surface area contributed by atoms with Crippen LogP contribution in [0.5, 0.6) is 0 Å². The lowest BCUT2D eigenvalue weighted by atomic mass is 10.2. The number of rotatable bonds is 2. The van der Waals surface area contributed by atoms with E-state index in [9.17, 15) is 9.59 Å². The molecule has 1 aromatic rings. The Morgan fingerprint density at radius 2 is 2.40 bits per heavy atom. The standard InChI is InChI=1S/C14H17N3O2S/c1-10(18)16-12-4-7-17(9-12)14(19)13-11(3-2-6-15)5-8-20-13/h5,8,12H,4,6-7,9,15H2,1H3,(H,16,18). The first-order valence-electron chi connectivity index (χ1n) is 6.44. The first kappa shape index (κ1) is 14.6. The Balaban J connectivity index is 2.06. The van der Waals surface area contributed by atoms with Gasteiger partial charge in [-0.1, -0.05) is 11.8 Å². The normalized spacial score (nSPS) is 17.5. The van der Waals surface area contributed by atoms with Gasteiger partial charge >= 0.3 is 0 Å². The third-order valence-electron chi connectivity index (χ3n) is 3.07. The Bertz CT molecular complexity index is 570. The van der Waals surface area contributed by atoms with E-state index in [4.69, 9.17) is 5.73 Å². The summed E-state index contributed by atoms with van der Waals surface area (Å²) in [6.45, 7) is 2.98. The van der Waals surface area contributed by atoms with Gasteiger partial charge in [0.15, 0.2) is 0 Å². The zero-order valence-corrected chi connectivity index (χ0v) is 12.1. The molecule has 0 aromatic carbocycles. The molecule has 2 amide bonds. The van der Waals surface area contributed by atoms with E-state index >= 15 is 0 Å². The van der Waals surface area contributed by atoms with Crippen LogP contribution in [-0.4, -0.2) is 42.4 Å². The van der Waals surface area contributed by atoms with Gasteiger partial charge < -0.3 is 16.0 Å². The number of carbonyl (C=O) groups excluding carboxylic acids is 2. The number of hydrogen-bond donors (Lipinski definition) is 2. The highest BCUT2D eigenvalue weighted by atomic mass is 32.1. The molecule has 0 aliphatic carbocycles. The van der Waals surface area contributed by atoms with E-state index in [2.05, 4.69) is 17.2 Å². The van der Waals surface area contributed by atoms with Gasteiger partial charge in [0, 0.05) is 31.6 Å². The fraction of sp³-hybridized carbons (Fsp3) is 0.429. The van der Waals surface area contributed by atoms with Gasteiger partial charge in [-0.2, -0.15) is 0 Å². The summed E-state index contributed by atoms with van der Waals surface area (Å²) < 4.78 is 0. The zero-order valence-electron chi connectivity index (χ0n) is 11.3. The van der Waals surface area contributed by atoms with Crippen molar-refractivity contribution >= 4 is 23.2 Å². The second kappa shape index (κ2) is 6.55. The summed E-state index contributed by atoms with van der Waals surface area (Å²) in [4.78, 5) is 25.9. The van der Waals surface area contributed by atoms with E-state index < -0.39 is 0 Å². The van der Waals surface area contributed by atoms with E-state index in [0.717, 1.165) is 12.0 Å². The van der Waals surface area contributed by atoms with Crippen molar-refractivity contribution in [2.75, 3.05) is 19.6 Å². The fourth-order valence-corrected chi connectivity index (χ4v) is 3.03. The summed E-state index contributed by atoms with van der Waals surface area (Å²) in [5.41, 5.74) is 6.08. The first-order valence-corrected chi connectivity index (χ1v) is 7.32. The Kier molecular flexibility index (Phi) is 4.77. The average molecular weight is 291 g/mol. The van der Waals surface area contributed by atoms with E-state index in [0.29, 0.717) is 18.0 Å². The van der Waals surface area contributed by atoms with Crippen LogP contribution in [0, 0.1) is 11.8 Å². The maximum Gasteiger partial charge on any atom is 0.265 e. The summed E-state index contributed by atoms with van der Waals surface area (Å²) >= 11 is 1.39. The van der Waals surface area contributed by atoms with Gasteiger partial charge in [-0.25, -0.2) is 0 Å². The molecule has 1 aliphatic rings. The van der Waals surface area contributed by atoms with Crippen molar-refractivity contribution in [2.24, 2.45) is 5.73 Å². The van der Waals surface area contributed by atoms with Crippen LogP contribution >= 0.6 is 11.3 Å². The average Bonchev–Trinajstić information content (AvgIpc) is 3.03.